The molecule has 0 bridgehead atoms. The third-order valence-electron chi connectivity index (χ3n) is 3.24. The quantitative estimate of drug-likeness (QED) is 0.819. The fraction of sp³-hybridized carbons (Fsp3) is 0.400. The molecule has 1 aromatic heterocycles. The molecule has 5 heteroatoms. The molecule has 108 valence electrons. The van der Waals surface area contributed by atoms with Gasteiger partial charge in [-0.15, -0.1) is 0 Å². The Morgan fingerprint density at radius 1 is 1.30 bits per heavy atom. The van der Waals surface area contributed by atoms with Crippen LogP contribution >= 0.6 is 0 Å². The van der Waals surface area contributed by atoms with Crippen LogP contribution in [0, 0.1) is 0 Å². The van der Waals surface area contributed by atoms with Crippen molar-refractivity contribution in [1.29, 1.82) is 0 Å². The van der Waals surface area contributed by atoms with Crippen LogP contribution in [0.4, 0.5) is 13.2 Å². The van der Waals surface area contributed by atoms with Crippen molar-refractivity contribution in [3.8, 4) is 0 Å². The molecule has 0 saturated heterocycles. The van der Waals surface area contributed by atoms with E-state index in [4.69, 9.17) is 0 Å². The number of rotatable bonds is 3. The van der Waals surface area contributed by atoms with Crippen LogP contribution in [0.15, 0.2) is 24.4 Å². The number of carbonyl (C=O) groups excluding carboxylic acids is 1. The number of hydrogen-bond acceptors (Lipinski definition) is 1. The summed E-state index contributed by atoms with van der Waals surface area (Å²) < 4.78 is 40.2. The minimum atomic E-state index is -4.36. The molecule has 2 rings (SSSR count). The zero-order chi connectivity index (χ0) is 15.1. The van der Waals surface area contributed by atoms with Crippen LogP contribution in [0.2, 0.25) is 0 Å². The van der Waals surface area contributed by atoms with Crippen LogP contribution in [-0.2, 0) is 17.4 Å². The van der Waals surface area contributed by atoms with Crippen LogP contribution in [-0.4, -0.2) is 10.4 Å². The number of ketones is 1. The Hall–Kier alpha value is -1.78. The van der Waals surface area contributed by atoms with Crippen molar-refractivity contribution in [3.63, 3.8) is 0 Å². The second-order valence-electron chi connectivity index (χ2n) is 5.26. The summed E-state index contributed by atoms with van der Waals surface area (Å²) >= 11 is 0. The first-order chi connectivity index (χ1) is 9.20. The van der Waals surface area contributed by atoms with Gasteiger partial charge in [0.1, 0.15) is 5.78 Å². The Balaban J connectivity index is 2.67. The number of Topliss-reactive ketones (excluding diaryl/α,β-unsaturated/α-hetero) is 1. The summed E-state index contributed by atoms with van der Waals surface area (Å²) in [5.41, 5.74) is 0.625. The van der Waals surface area contributed by atoms with Gasteiger partial charge in [-0.05, 0) is 38.5 Å². The van der Waals surface area contributed by atoms with Crippen molar-refractivity contribution in [3.05, 3.63) is 35.5 Å². The maximum atomic E-state index is 12.8. The first-order valence-electron chi connectivity index (χ1n) is 6.40. The molecule has 0 aliphatic heterocycles. The van der Waals surface area contributed by atoms with E-state index in [2.05, 4.69) is 0 Å². The smallest absolute Gasteiger partial charge is 0.345 e. The maximum absolute atomic E-state index is 12.8. The van der Waals surface area contributed by atoms with Gasteiger partial charge in [0.05, 0.1) is 5.56 Å². The van der Waals surface area contributed by atoms with Gasteiger partial charge in [-0.2, -0.15) is 13.2 Å². The topological polar surface area (TPSA) is 22.0 Å². The molecule has 1 heterocycles. The van der Waals surface area contributed by atoms with Crippen molar-refractivity contribution in [2.24, 2.45) is 0 Å². The number of halogens is 3. The van der Waals surface area contributed by atoms with Gasteiger partial charge in [0.15, 0.2) is 0 Å². The lowest BCUT2D eigenvalue weighted by Gasteiger charge is -2.11. The van der Waals surface area contributed by atoms with E-state index in [9.17, 15) is 18.0 Å². The highest BCUT2D eigenvalue weighted by molar-refractivity contribution is 5.89. The highest BCUT2D eigenvalue weighted by Crippen LogP contribution is 2.34. The molecule has 0 aliphatic rings. The number of hydrogen-bond donors (Lipinski definition) is 0. The Morgan fingerprint density at radius 3 is 2.45 bits per heavy atom. The van der Waals surface area contributed by atoms with Crippen LogP contribution in [0.1, 0.15) is 37.9 Å². The molecule has 0 amide bonds. The monoisotopic (exact) mass is 283 g/mol. The van der Waals surface area contributed by atoms with Gasteiger partial charge in [0.2, 0.25) is 0 Å². The zero-order valence-electron chi connectivity index (χ0n) is 11.6. The largest absolute Gasteiger partial charge is 0.416 e. The van der Waals surface area contributed by atoms with Crippen LogP contribution < -0.4 is 0 Å². The molecule has 0 radical (unpaired) electrons. The SMILES string of the molecule is CC(=O)Cc1cn(C(C)C)c2cc(C(F)(F)F)ccc12. The van der Waals surface area contributed by atoms with E-state index < -0.39 is 11.7 Å². The minimum Gasteiger partial charge on any atom is -0.345 e. The number of alkyl halides is 3. The molecule has 0 spiro atoms. The predicted molar refractivity (Wildman–Crippen MR) is 71.7 cm³/mol. The average Bonchev–Trinajstić information content (AvgIpc) is 2.66. The van der Waals surface area contributed by atoms with Crippen molar-refractivity contribution >= 4 is 16.7 Å². The molecule has 1 aromatic carbocycles. The fourth-order valence-electron chi connectivity index (χ4n) is 2.34. The summed E-state index contributed by atoms with van der Waals surface area (Å²) in [6.45, 7) is 5.27. The van der Waals surface area contributed by atoms with Crippen LogP contribution in [0.3, 0.4) is 0 Å². The van der Waals surface area contributed by atoms with Gasteiger partial charge < -0.3 is 4.57 Å². The van der Waals surface area contributed by atoms with E-state index in [1.54, 1.807) is 10.8 Å². The normalized spacial score (nSPS) is 12.3. The van der Waals surface area contributed by atoms with Gasteiger partial charge in [0.25, 0.3) is 0 Å². The van der Waals surface area contributed by atoms with Gasteiger partial charge >= 0.3 is 6.18 Å². The van der Waals surface area contributed by atoms with Gasteiger partial charge in [-0.1, -0.05) is 6.07 Å². The number of aromatic nitrogens is 1. The molecule has 0 fully saturated rings. The first kappa shape index (κ1) is 14.6. The number of fused-ring (bicyclic) bond motifs is 1. The molecular weight excluding hydrogens is 267 g/mol. The lowest BCUT2D eigenvalue weighted by Crippen LogP contribution is -2.05. The number of nitrogens with zero attached hydrogens (tertiary/aromatic N) is 1. The molecule has 2 nitrogen and oxygen atoms in total. The van der Waals surface area contributed by atoms with Gasteiger partial charge in [-0.25, -0.2) is 0 Å². The number of carbonyl (C=O) groups is 1. The summed E-state index contributed by atoms with van der Waals surface area (Å²) in [5.74, 6) is -0.00676. The Labute approximate surface area is 115 Å². The second kappa shape index (κ2) is 4.96. The third-order valence-corrected chi connectivity index (χ3v) is 3.24. The Morgan fingerprint density at radius 2 is 1.95 bits per heavy atom. The minimum absolute atomic E-state index is 0.00676. The molecule has 2 aromatic rings. The highest BCUT2D eigenvalue weighted by Gasteiger charge is 2.31. The van der Waals surface area contributed by atoms with E-state index in [1.165, 1.54) is 13.0 Å². The van der Waals surface area contributed by atoms with Crippen molar-refractivity contribution in [1.82, 2.24) is 4.57 Å². The summed E-state index contributed by atoms with van der Waals surface area (Å²) in [6.07, 6.45) is -2.35. The number of benzene rings is 1. The van der Waals surface area contributed by atoms with Gasteiger partial charge in [-0.3, -0.25) is 4.79 Å². The van der Waals surface area contributed by atoms with Crippen LogP contribution in [0.25, 0.3) is 10.9 Å². The zero-order valence-corrected chi connectivity index (χ0v) is 11.6. The molecule has 0 atom stereocenters. The highest BCUT2D eigenvalue weighted by atomic mass is 19.4. The van der Waals surface area contributed by atoms with Crippen molar-refractivity contribution in [2.45, 2.75) is 39.4 Å². The van der Waals surface area contributed by atoms with E-state index in [0.29, 0.717) is 10.9 Å². The molecule has 0 aliphatic carbocycles. The fourth-order valence-corrected chi connectivity index (χ4v) is 2.34. The van der Waals surface area contributed by atoms with E-state index in [1.807, 2.05) is 13.8 Å². The van der Waals surface area contributed by atoms with E-state index >= 15 is 0 Å². The summed E-state index contributed by atoms with van der Waals surface area (Å²) in [6, 6.07) is 3.70. The lowest BCUT2D eigenvalue weighted by atomic mass is 10.1. The summed E-state index contributed by atoms with van der Waals surface area (Å²) in [4.78, 5) is 11.3. The van der Waals surface area contributed by atoms with Crippen molar-refractivity contribution < 1.29 is 18.0 Å². The van der Waals surface area contributed by atoms with E-state index in [0.717, 1.165) is 17.7 Å². The van der Waals surface area contributed by atoms with E-state index in [-0.39, 0.29) is 18.2 Å². The summed E-state index contributed by atoms with van der Waals surface area (Å²) in [5, 5.41) is 0.710. The second-order valence-corrected chi connectivity index (χ2v) is 5.26. The molecule has 0 unspecified atom stereocenters. The van der Waals surface area contributed by atoms with Crippen molar-refractivity contribution in [2.75, 3.05) is 0 Å². The van der Waals surface area contributed by atoms with Gasteiger partial charge in [0, 0.05) is 29.6 Å². The predicted octanol–water partition coefficient (Wildman–Crippen LogP) is 4.37. The molecule has 0 N–H and O–H groups in total. The Kier molecular flexibility index (Phi) is 3.63. The maximum Gasteiger partial charge on any atom is 0.416 e. The lowest BCUT2D eigenvalue weighted by molar-refractivity contribution is -0.137. The molecule has 0 saturated carbocycles. The molecule has 20 heavy (non-hydrogen) atoms. The summed E-state index contributed by atoms with van der Waals surface area (Å²) in [7, 11) is 0. The average molecular weight is 283 g/mol. The third kappa shape index (κ3) is 2.71. The first-order valence-corrected chi connectivity index (χ1v) is 6.40. The standard InChI is InChI=1S/C15H16F3NO/c1-9(2)19-8-11(6-10(3)20)13-5-4-12(7-14(13)19)15(16,17)18/h4-5,7-9H,6H2,1-3H3. The van der Waals surface area contributed by atoms with Crippen LogP contribution in [0.5, 0.6) is 0 Å². The molecular formula is C15H16F3NO. The Bertz CT molecular complexity index is 653.